The Labute approximate surface area is 98.0 Å². The number of hydrogen-bond acceptors (Lipinski definition) is 6. The molecule has 0 saturated carbocycles. The van der Waals surface area contributed by atoms with Gasteiger partial charge in [0.2, 0.25) is 0 Å². The number of rotatable bonds is 4. The Kier molecular flexibility index (Phi) is 10.7. The Hall–Kier alpha value is 1.32. The molecule has 0 bridgehead atoms. The molecule has 0 aromatic heterocycles. The van der Waals surface area contributed by atoms with E-state index in [9.17, 15) is 0 Å². The zero-order valence-electron chi connectivity index (χ0n) is 7.47. The summed E-state index contributed by atoms with van der Waals surface area (Å²) in [5, 5.41) is 0. The Morgan fingerprint density at radius 1 is 1.21 bits per heavy atom. The van der Waals surface area contributed by atoms with E-state index in [4.69, 9.17) is 36.6 Å². The van der Waals surface area contributed by atoms with Crippen molar-refractivity contribution in [2.24, 2.45) is 0 Å². The molecule has 11 heteroatoms. The monoisotopic (exact) mass is 354 g/mol. The predicted molar refractivity (Wildman–Crippen MR) is 55.1 cm³/mol. The molecule has 0 aromatic carbocycles. The molecule has 0 spiro atoms. The van der Waals surface area contributed by atoms with Crippen LogP contribution in [-0.2, 0) is 22.9 Å². The topological polar surface area (TPSA) is 84.9 Å². The van der Waals surface area contributed by atoms with Gasteiger partial charge in [0.25, 0.3) is 0 Å². The van der Waals surface area contributed by atoms with Gasteiger partial charge in [0.1, 0.15) is 0 Å². The van der Waals surface area contributed by atoms with Gasteiger partial charge >= 0.3 is 65.2 Å². The fourth-order valence-corrected chi connectivity index (χ4v) is 4.62. The van der Waals surface area contributed by atoms with Crippen LogP contribution in [-0.4, -0.2) is 47.9 Å². The van der Waals surface area contributed by atoms with Crippen molar-refractivity contribution >= 4 is 50.3 Å². The van der Waals surface area contributed by atoms with Gasteiger partial charge in [-0.15, -0.1) is 0 Å². The van der Waals surface area contributed by atoms with Gasteiger partial charge in [-0.3, -0.25) is 0 Å². The minimum Gasteiger partial charge on any atom is -0.735 e. The Balaban J connectivity index is 0. The van der Waals surface area contributed by atoms with Gasteiger partial charge in [-0.2, -0.15) is 0 Å². The summed E-state index contributed by atoms with van der Waals surface area (Å²) < 4.78 is 41.4. The van der Waals surface area contributed by atoms with Crippen molar-refractivity contribution in [2.75, 3.05) is 21.3 Å². The fourth-order valence-electron chi connectivity index (χ4n) is 0.308. The standard InChI is InChI=1S/C3H9ClO3PSe.ClHO3S/c1-5-8(6-2,7-3)9-4;1-5(2,3)4/h1-3H3;(H,2,3,4)/q+1;/p-1. The zero-order valence-corrected chi connectivity index (χ0v) is 12.4. The van der Waals surface area contributed by atoms with Crippen molar-refractivity contribution in [3.63, 3.8) is 0 Å². The van der Waals surface area contributed by atoms with Gasteiger partial charge in [-0.1, -0.05) is 0 Å². The molecule has 0 aliphatic carbocycles. The summed E-state index contributed by atoms with van der Waals surface area (Å²) in [6.07, 6.45) is 0. The van der Waals surface area contributed by atoms with E-state index in [0.29, 0.717) is 0 Å². The molecule has 0 aromatic rings. The van der Waals surface area contributed by atoms with E-state index in [1.54, 1.807) is 0 Å². The first-order chi connectivity index (χ1) is 6.24. The third kappa shape index (κ3) is 11.4. The molecular weight excluding hydrogens is 345 g/mol. The molecule has 0 fully saturated rings. The van der Waals surface area contributed by atoms with Crippen molar-refractivity contribution in [2.45, 2.75) is 0 Å². The molecule has 0 rings (SSSR count). The summed E-state index contributed by atoms with van der Waals surface area (Å²) in [5.41, 5.74) is 0. The largest absolute Gasteiger partial charge is 0.735 e. The number of hydrogen-bond donors (Lipinski definition) is 0. The second-order valence-electron chi connectivity index (χ2n) is 1.46. The first kappa shape index (κ1) is 17.7. The maximum Gasteiger partial charge on any atom is 0.181 e. The van der Waals surface area contributed by atoms with Crippen molar-refractivity contribution in [3.05, 3.63) is 0 Å². The van der Waals surface area contributed by atoms with Crippen molar-refractivity contribution in [3.8, 4) is 0 Å². The van der Waals surface area contributed by atoms with E-state index >= 15 is 0 Å². The molecule has 0 aliphatic heterocycles. The van der Waals surface area contributed by atoms with Gasteiger partial charge in [0, 0.05) is 10.7 Å². The average molecular weight is 354 g/mol. The summed E-state index contributed by atoms with van der Waals surface area (Å²) in [7, 11) is 9.66. The van der Waals surface area contributed by atoms with E-state index in [1.165, 1.54) is 21.3 Å². The molecule has 0 unspecified atom stereocenters. The molecule has 6 nitrogen and oxygen atoms in total. The molecule has 0 radical (unpaired) electrons. The summed E-state index contributed by atoms with van der Waals surface area (Å²) in [4.78, 5) is 0. The molecule has 0 saturated heterocycles. The molecule has 0 aliphatic rings. The smallest absolute Gasteiger partial charge is 0.181 e. The molecular formula is C3H9Cl2O6PSSe. The normalized spacial score (nSPS) is 11.9. The minimum atomic E-state index is -4.44. The Morgan fingerprint density at radius 3 is 1.43 bits per heavy atom. The number of halogens is 2. The maximum absolute atomic E-state index is 8.84. The second-order valence-corrected chi connectivity index (χ2v) is 11.3. The van der Waals surface area contributed by atoms with Gasteiger partial charge < -0.3 is 4.55 Å². The minimum absolute atomic E-state index is 0.245. The van der Waals surface area contributed by atoms with Crippen molar-refractivity contribution in [1.29, 1.82) is 0 Å². The van der Waals surface area contributed by atoms with E-state index in [2.05, 4.69) is 10.7 Å². The van der Waals surface area contributed by atoms with Crippen LogP contribution in [0.5, 0.6) is 0 Å². The molecule has 0 heterocycles. The van der Waals surface area contributed by atoms with Crippen LogP contribution in [0.2, 0.25) is 0 Å². The van der Waals surface area contributed by atoms with Gasteiger partial charge in [-0.05, 0) is 0 Å². The Bertz CT molecular complexity index is 206. The van der Waals surface area contributed by atoms with Crippen LogP contribution in [0.1, 0.15) is 0 Å². The summed E-state index contributed by atoms with van der Waals surface area (Å²) >= 11 is -0.245. The van der Waals surface area contributed by atoms with Crippen LogP contribution in [0, 0.1) is 0 Å². The first-order valence-electron chi connectivity index (χ1n) is 2.76. The maximum atomic E-state index is 8.84. The van der Waals surface area contributed by atoms with Crippen LogP contribution >= 0.6 is 27.4 Å². The molecule has 0 atom stereocenters. The van der Waals surface area contributed by atoms with Gasteiger partial charge in [0.15, 0.2) is 9.33 Å². The van der Waals surface area contributed by atoms with Crippen LogP contribution in [0.25, 0.3) is 0 Å². The average Bonchev–Trinajstić information content (AvgIpc) is 2.07. The van der Waals surface area contributed by atoms with Gasteiger partial charge in [-0.25, -0.2) is 8.42 Å². The predicted octanol–water partition coefficient (Wildman–Crippen LogP) is 1.15. The zero-order chi connectivity index (χ0) is 11.8. The van der Waals surface area contributed by atoms with Crippen molar-refractivity contribution in [1.82, 2.24) is 0 Å². The molecule has 0 amide bonds. The van der Waals surface area contributed by atoms with E-state index in [1.807, 2.05) is 0 Å². The third-order valence-electron chi connectivity index (χ3n) is 0.755. The second kappa shape index (κ2) is 8.47. The van der Waals surface area contributed by atoms with Crippen LogP contribution < -0.4 is 0 Å². The quantitative estimate of drug-likeness (QED) is 0.326. The van der Waals surface area contributed by atoms with E-state index in [0.717, 1.165) is 0 Å². The van der Waals surface area contributed by atoms with E-state index < -0.39 is 16.0 Å². The summed E-state index contributed by atoms with van der Waals surface area (Å²) in [5.74, 6) is 0. The SMILES string of the molecule is CO[P+](OC)(OC)[Se]Cl.O=S(=O)([O-])Cl. The van der Waals surface area contributed by atoms with Crippen LogP contribution in [0.3, 0.4) is 0 Å². The van der Waals surface area contributed by atoms with Crippen molar-refractivity contribution < 1.29 is 26.5 Å². The summed E-state index contributed by atoms with van der Waals surface area (Å²) in [6.45, 7) is -2.09. The first-order valence-corrected chi connectivity index (χ1v) is 11.0. The van der Waals surface area contributed by atoms with E-state index in [-0.39, 0.29) is 13.6 Å². The summed E-state index contributed by atoms with van der Waals surface area (Å²) in [6, 6.07) is 0. The van der Waals surface area contributed by atoms with Crippen LogP contribution in [0.4, 0.5) is 0 Å². The molecule has 14 heavy (non-hydrogen) atoms. The van der Waals surface area contributed by atoms with Gasteiger partial charge in [0.05, 0.1) is 0 Å². The fraction of sp³-hybridized carbons (Fsp3) is 1.00. The van der Waals surface area contributed by atoms with Crippen LogP contribution in [0.15, 0.2) is 0 Å². The third-order valence-corrected chi connectivity index (χ3v) is 8.78. The Morgan fingerprint density at radius 2 is 1.43 bits per heavy atom. The molecule has 0 N–H and O–H groups in total. The molecule has 88 valence electrons.